The van der Waals surface area contributed by atoms with Crippen LogP contribution in [0, 0.1) is 23.6 Å². The second-order valence-corrected chi connectivity index (χ2v) is 7.56. The number of hydrogen-bond acceptors (Lipinski definition) is 3. The van der Waals surface area contributed by atoms with Crippen LogP contribution in [0.2, 0.25) is 0 Å². The molecule has 3 fully saturated rings. The normalized spacial score (nSPS) is 30.2. The van der Waals surface area contributed by atoms with Crippen LogP contribution in [0.1, 0.15) is 29.6 Å². The summed E-state index contributed by atoms with van der Waals surface area (Å²) < 4.78 is 13.3. The molecule has 1 saturated heterocycles. The molecule has 142 valence electrons. The van der Waals surface area contributed by atoms with Crippen LogP contribution in [0.25, 0.3) is 0 Å². The lowest BCUT2D eigenvalue weighted by atomic mass is 9.84. The molecule has 0 radical (unpaired) electrons. The minimum absolute atomic E-state index is 0. The molecule has 1 heterocycles. The molecule has 7 heteroatoms. The number of amides is 2. The van der Waals surface area contributed by atoms with Gasteiger partial charge in [-0.2, -0.15) is 0 Å². The van der Waals surface area contributed by atoms with Crippen molar-refractivity contribution in [2.75, 3.05) is 26.2 Å². The van der Waals surface area contributed by atoms with Gasteiger partial charge in [-0.15, -0.1) is 12.4 Å². The molecule has 4 atom stereocenters. The molecule has 1 aliphatic heterocycles. The highest BCUT2D eigenvalue weighted by Gasteiger charge is 2.50. The number of halogens is 2. The Balaban J connectivity index is 0.00000196. The van der Waals surface area contributed by atoms with Gasteiger partial charge in [0.05, 0.1) is 5.92 Å². The smallest absolute Gasteiger partial charge is 0.254 e. The molecule has 0 aromatic heterocycles. The van der Waals surface area contributed by atoms with Crippen molar-refractivity contribution in [3.63, 3.8) is 0 Å². The van der Waals surface area contributed by atoms with Gasteiger partial charge in [0.15, 0.2) is 0 Å². The minimum Gasteiger partial charge on any atom is -0.339 e. The van der Waals surface area contributed by atoms with E-state index in [1.54, 1.807) is 17.0 Å². The molecule has 1 aromatic rings. The van der Waals surface area contributed by atoms with Crippen LogP contribution in [0.5, 0.6) is 0 Å². The fourth-order valence-electron chi connectivity index (χ4n) is 4.85. The van der Waals surface area contributed by atoms with Gasteiger partial charge in [-0.1, -0.05) is 6.07 Å². The zero-order valence-electron chi connectivity index (χ0n) is 14.6. The van der Waals surface area contributed by atoms with Crippen LogP contribution < -0.4 is 5.73 Å². The molecule has 4 rings (SSSR count). The van der Waals surface area contributed by atoms with Crippen LogP contribution in [0.15, 0.2) is 24.3 Å². The molecule has 2 N–H and O–H groups in total. The standard InChI is InChI=1S/C19H24FN3O2.ClH/c20-15-3-1-2-14(11-15)18(24)22-6-8-23(9-7-22)19(25)16-12-4-5-13(10-12)17(16)21;/h1-3,11-13,16-17H,4-10,21H2;1H. The van der Waals surface area contributed by atoms with Gasteiger partial charge >= 0.3 is 0 Å². The van der Waals surface area contributed by atoms with E-state index in [1.807, 2.05) is 4.90 Å². The molecule has 2 amide bonds. The van der Waals surface area contributed by atoms with E-state index in [9.17, 15) is 14.0 Å². The molecule has 0 spiro atoms. The number of rotatable bonds is 2. The summed E-state index contributed by atoms with van der Waals surface area (Å²) in [6.07, 6.45) is 3.37. The Morgan fingerprint density at radius 1 is 1.04 bits per heavy atom. The lowest BCUT2D eigenvalue weighted by molar-refractivity contribution is -0.139. The third-order valence-corrected chi connectivity index (χ3v) is 6.22. The Hall–Kier alpha value is -1.66. The monoisotopic (exact) mass is 381 g/mol. The number of benzene rings is 1. The second-order valence-electron chi connectivity index (χ2n) is 7.56. The Labute approximate surface area is 159 Å². The fraction of sp³-hybridized carbons (Fsp3) is 0.579. The Kier molecular flexibility index (Phi) is 5.53. The zero-order valence-corrected chi connectivity index (χ0v) is 15.5. The van der Waals surface area contributed by atoms with Crippen molar-refractivity contribution in [1.82, 2.24) is 9.80 Å². The van der Waals surface area contributed by atoms with Crippen molar-refractivity contribution in [2.45, 2.75) is 25.3 Å². The lowest BCUT2D eigenvalue weighted by Crippen LogP contribution is -2.54. The van der Waals surface area contributed by atoms with Crippen molar-refractivity contribution in [2.24, 2.45) is 23.5 Å². The van der Waals surface area contributed by atoms with E-state index in [-0.39, 0.29) is 36.2 Å². The third-order valence-electron chi connectivity index (χ3n) is 6.22. The molecule has 3 aliphatic rings. The topological polar surface area (TPSA) is 66.6 Å². The van der Waals surface area contributed by atoms with Crippen molar-refractivity contribution < 1.29 is 14.0 Å². The molecule has 2 bridgehead atoms. The van der Waals surface area contributed by atoms with Gasteiger partial charge in [-0.25, -0.2) is 4.39 Å². The van der Waals surface area contributed by atoms with Crippen LogP contribution in [0.3, 0.4) is 0 Å². The van der Waals surface area contributed by atoms with E-state index >= 15 is 0 Å². The maximum Gasteiger partial charge on any atom is 0.254 e. The molecule has 4 unspecified atom stereocenters. The Morgan fingerprint density at radius 2 is 1.69 bits per heavy atom. The number of carbonyl (C=O) groups excluding carboxylic acids is 2. The van der Waals surface area contributed by atoms with Crippen LogP contribution >= 0.6 is 12.4 Å². The van der Waals surface area contributed by atoms with E-state index in [4.69, 9.17) is 5.73 Å². The number of nitrogens with two attached hydrogens (primary N) is 1. The van der Waals surface area contributed by atoms with E-state index in [0.717, 1.165) is 19.3 Å². The van der Waals surface area contributed by atoms with Gasteiger partial charge in [0.25, 0.3) is 5.91 Å². The summed E-state index contributed by atoms with van der Waals surface area (Å²) >= 11 is 0. The summed E-state index contributed by atoms with van der Waals surface area (Å²) in [7, 11) is 0. The number of fused-ring (bicyclic) bond motifs is 2. The quantitative estimate of drug-likeness (QED) is 0.850. The molecular formula is C19H25ClFN3O2. The van der Waals surface area contributed by atoms with Crippen molar-refractivity contribution in [3.05, 3.63) is 35.6 Å². The maximum atomic E-state index is 13.3. The van der Waals surface area contributed by atoms with Gasteiger partial charge in [-0.05, 0) is 49.3 Å². The molecule has 2 aliphatic carbocycles. The van der Waals surface area contributed by atoms with Crippen molar-refractivity contribution in [1.29, 1.82) is 0 Å². The van der Waals surface area contributed by atoms with Gasteiger partial charge in [-0.3, -0.25) is 9.59 Å². The van der Waals surface area contributed by atoms with Gasteiger partial charge in [0.2, 0.25) is 5.91 Å². The van der Waals surface area contributed by atoms with E-state index < -0.39 is 5.82 Å². The summed E-state index contributed by atoms with van der Waals surface area (Å²) in [5.41, 5.74) is 6.65. The molecule has 5 nitrogen and oxygen atoms in total. The summed E-state index contributed by atoms with van der Waals surface area (Å²) in [6.45, 7) is 2.02. The highest BCUT2D eigenvalue weighted by Crippen LogP contribution is 2.48. The largest absolute Gasteiger partial charge is 0.339 e. The SMILES string of the molecule is Cl.NC1C2CCC(C2)C1C(=O)N1CCN(C(=O)c2cccc(F)c2)CC1. The zero-order chi connectivity index (χ0) is 17.6. The van der Waals surface area contributed by atoms with Crippen LogP contribution in [-0.2, 0) is 4.79 Å². The predicted octanol–water partition coefficient (Wildman–Crippen LogP) is 1.91. The van der Waals surface area contributed by atoms with Crippen molar-refractivity contribution in [3.8, 4) is 0 Å². The van der Waals surface area contributed by atoms with Crippen LogP contribution in [-0.4, -0.2) is 53.8 Å². The first-order valence-corrected chi connectivity index (χ1v) is 9.14. The molecule has 26 heavy (non-hydrogen) atoms. The Bertz CT molecular complexity index is 691. The lowest BCUT2D eigenvalue weighted by Gasteiger charge is -2.38. The van der Waals surface area contributed by atoms with E-state index in [2.05, 4.69) is 0 Å². The predicted molar refractivity (Wildman–Crippen MR) is 98.4 cm³/mol. The number of nitrogens with zero attached hydrogens (tertiary/aromatic N) is 2. The fourth-order valence-corrected chi connectivity index (χ4v) is 4.85. The highest BCUT2D eigenvalue weighted by molar-refractivity contribution is 5.94. The third kappa shape index (κ3) is 3.32. The molecule has 1 aromatic carbocycles. The molecular weight excluding hydrogens is 357 g/mol. The molecule has 2 saturated carbocycles. The first-order valence-electron chi connectivity index (χ1n) is 9.14. The number of piperazine rings is 1. The first kappa shape index (κ1) is 19.1. The Morgan fingerprint density at radius 3 is 2.31 bits per heavy atom. The summed E-state index contributed by atoms with van der Waals surface area (Å²) in [4.78, 5) is 28.9. The van der Waals surface area contributed by atoms with Gasteiger partial charge in [0, 0.05) is 37.8 Å². The van der Waals surface area contributed by atoms with Gasteiger partial charge < -0.3 is 15.5 Å². The first-order chi connectivity index (χ1) is 12.0. The summed E-state index contributed by atoms with van der Waals surface area (Å²) in [5.74, 6) is 0.490. The summed E-state index contributed by atoms with van der Waals surface area (Å²) in [5, 5.41) is 0. The maximum absolute atomic E-state index is 13.3. The number of carbonyl (C=O) groups is 2. The average Bonchev–Trinajstić information content (AvgIpc) is 3.22. The van der Waals surface area contributed by atoms with Gasteiger partial charge in [0.1, 0.15) is 5.82 Å². The second kappa shape index (κ2) is 7.53. The highest BCUT2D eigenvalue weighted by atomic mass is 35.5. The van der Waals surface area contributed by atoms with E-state index in [1.165, 1.54) is 12.1 Å². The average molecular weight is 382 g/mol. The van der Waals surface area contributed by atoms with Crippen LogP contribution in [0.4, 0.5) is 4.39 Å². The number of hydrogen-bond donors (Lipinski definition) is 1. The minimum atomic E-state index is -0.412. The van der Waals surface area contributed by atoms with E-state index in [0.29, 0.717) is 43.6 Å². The van der Waals surface area contributed by atoms with Crippen molar-refractivity contribution >= 4 is 24.2 Å². The summed E-state index contributed by atoms with van der Waals surface area (Å²) in [6, 6.07) is 5.74.